The van der Waals surface area contributed by atoms with Crippen molar-refractivity contribution in [2.24, 2.45) is 0 Å². The Morgan fingerprint density at radius 2 is 1.88 bits per heavy atom. The van der Waals surface area contributed by atoms with Crippen LogP contribution in [0, 0.1) is 13.8 Å². The second-order valence-corrected chi connectivity index (χ2v) is 7.70. The highest BCUT2D eigenvalue weighted by molar-refractivity contribution is 5.96. The van der Waals surface area contributed by atoms with Crippen molar-refractivity contribution in [2.45, 2.75) is 26.8 Å². The molecular formula is C24H24N4O4. The Labute approximate surface area is 185 Å². The molecule has 2 aromatic heterocycles. The fourth-order valence-corrected chi connectivity index (χ4v) is 3.67. The summed E-state index contributed by atoms with van der Waals surface area (Å²) < 4.78 is 11.7. The number of amides is 1. The van der Waals surface area contributed by atoms with E-state index in [0.29, 0.717) is 22.6 Å². The summed E-state index contributed by atoms with van der Waals surface area (Å²) in [5.41, 5.74) is 2.70. The number of benzene rings is 2. The quantitative estimate of drug-likeness (QED) is 0.475. The molecule has 1 amide bonds. The van der Waals surface area contributed by atoms with Crippen LogP contribution in [0.3, 0.4) is 0 Å². The molecule has 32 heavy (non-hydrogen) atoms. The van der Waals surface area contributed by atoms with E-state index in [1.807, 2.05) is 43.3 Å². The summed E-state index contributed by atoms with van der Waals surface area (Å²) in [6, 6.07) is 14.0. The van der Waals surface area contributed by atoms with Crippen molar-refractivity contribution < 1.29 is 14.1 Å². The summed E-state index contributed by atoms with van der Waals surface area (Å²) in [6.07, 6.45) is 0. The molecule has 2 aromatic carbocycles. The molecule has 0 bridgehead atoms. The van der Waals surface area contributed by atoms with Gasteiger partial charge in [-0.15, -0.1) is 0 Å². The van der Waals surface area contributed by atoms with Gasteiger partial charge < -0.3 is 14.2 Å². The Kier molecular flexibility index (Phi) is 5.52. The molecule has 0 fully saturated rings. The summed E-state index contributed by atoms with van der Waals surface area (Å²) >= 11 is 0. The number of carbonyl (C=O) groups is 1. The van der Waals surface area contributed by atoms with Crippen molar-refractivity contribution in [1.82, 2.24) is 14.9 Å². The molecule has 2 heterocycles. The molecule has 0 aliphatic heterocycles. The van der Waals surface area contributed by atoms with Gasteiger partial charge in [-0.25, -0.2) is 4.68 Å². The predicted molar refractivity (Wildman–Crippen MR) is 122 cm³/mol. The second kappa shape index (κ2) is 8.30. The fourth-order valence-electron chi connectivity index (χ4n) is 3.67. The Morgan fingerprint density at radius 1 is 1.16 bits per heavy atom. The van der Waals surface area contributed by atoms with Crippen LogP contribution in [-0.2, 0) is 4.79 Å². The minimum Gasteiger partial charge on any atom is -0.497 e. The van der Waals surface area contributed by atoms with Crippen LogP contribution in [0.4, 0.5) is 5.69 Å². The van der Waals surface area contributed by atoms with Crippen molar-refractivity contribution in [1.29, 1.82) is 0 Å². The topological polar surface area (TPSA) is 90.5 Å². The molecule has 0 N–H and O–H groups in total. The first kappa shape index (κ1) is 21.3. The number of nitrogens with zero attached hydrogens (tertiary/aromatic N) is 4. The molecule has 0 aliphatic rings. The number of ether oxygens (including phenoxy) is 1. The highest BCUT2D eigenvalue weighted by Crippen LogP contribution is 2.29. The monoisotopic (exact) mass is 432 g/mol. The maximum absolute atomic E-state index is 13.2. The van der Waals surface area contributed by atoms with E-state index >= 15 is 0 Å². The fraction of sp³-hybridized carbons (Fsp3) is 0.250. The van der Waals surface area contributed by atoms with E-state index in [9.17, 15) is 9.59 Å². The van der Waals surface area contributed by atoms with E-state index in [1.165, 1.54) is 9.58 Å². The summed E-state index contributed by atoms with van der Waals surface area (Å²) in [4.78, 5) is 27.9. The molecule has 0 unspecified atom stereocenters. The van der Waals surface area contributed by atoms with Crippen molar-refractivity contribution in [2.75, 3.05) is 19.1 Å². The number of rotatable bonds is 5. The molecule has 164 valence electrons. The van der Waals surface area contributed by atoms with E-state index in [1.54, 1.807) is 40.1 Å². The van der Waals surface area contributed by atoms with Gasteiger partial charge in [-0.3, -0.25) is 9.59 Å². The first-order valence-corrected chi connectivity index (χ1v) is 10.2. The number of carbonyl (C=O) groups excluding carboxylic acids is 1. The standard InChI is InChI=1S/C24H24N4O4/c1-14-7-6-8-18(13-14)27(4)23(29)15(2)28-24(30)22-20(16(3)32-26-22)21(25-28)17-9-11-19(31-5)12-10-17/h6-13,15H,1-5H3/t15-/m0/s1. The molecular weight excluding hydrogens is 408 g/mol. The predicted octanol–water partition coefficient (Wildman–Crippen LogP) is 3.90. The normalized spacial score (nSPS) is 12.0. The Bertz CT molecular complexity index is 1350. The summed E-state index contributed by atoms with van der Waals surface area (Å²) in [6.45, 7) is 5.34. The Morgan fingerprint density at radius 3 is 2.53 bits per heavy atom. The van der Waals surface area contributed by atoms with Gasteiger partial charge in [-0.2, -0.15) is 5.10 Å². The van der Waals surface area contributed by atoms with Gasteiger partial charge >= 0.3 is 0 Å². The van der Waals surface area contributed by atoms with Crippen LogP contribution < -0.4 is 15.2 Å². The molecule has 4 aromatic rings. The Hall–Kier alpha value is -3.94. The smallest absolute Gasteiger partial charge is 0.297 e. The van der Waals surface area contributed by atoms with Crippen LogP contribution >= 0.6 is 0 Å². The summed E-state index contributed by atoms with van der Waals surface area (Å²) in [5.74, 6) is 0.910. The van der Waals surface area contributed by atoms with E-state index in [2.05, 4.69) is 10.3 Å². The number of anilines is 1. The molecule has 1 atom stereocenters. The highest BCUT2D eigenvalue weighted by Gasteiger charge is 2.26. The van der Waals surface area contributed by atoms with Crippen molar-refractivity contribution in [3.8, 4) is 17.0 Å². The van der Waals surface area contributed by atoms with Crippen LogP contribution in [-0.4, -0.2) is 35.0 Å². The molecule has 0 saturated heterocycles. The van der Waals surface area contributed by atoms with Gasteiger partial charge in [0.25, 0.3) is 11.5 Å². The molecule has 0 aliphatic carbocycles. The average Bonchev–Trinajstić information content (AvgIpc) is 3.20. The lowest BCUT2D eigenvalue weighted by Crippen LogP contribution is -2.38. The van der Waals surface area contributed by atoms with Crippen LogP contribution in [0.2, 0.25) is 0 Å². The average molecular weight is 432 g/mol. The maximum atomic E-state index is 13.2. The highest BCUT2D eigenvalue weighted by atomic mass is 16.5. The number of aryl methyl sites for hydroxylation is 2. The number of methoxy groups -OCH3 is 1. The van der Waals surface area contributed by atoms with Gasteiger partial charge in [0.1, 0.15) is 23.2 Å². The number of aromatic nitrogens is 3. The molecule has 0 saturated carbocycles. The zero-order chi connectivity index (χ0) is 23.0. The molecule has 0 spiro atoms. The molecule has 4 rings (SSSR count). The molecule has 0 radical (unpaired) electrons. The third kappa shape index (κ3) is 3.64. The second-order valence-electron chi connectivity index (χ2n) is 7.70. The van der Waals surface area contributed by atoms with Gasteiger partial charge in [0, 0.05) is 18.3 Å². The van der Waals surface area contributed by atoms with Gasteiger partial charge in [0.2, 0.25) is 0 Å². The first-order chi connectivity index (χ1) is 15.3. The number of likely N-dealkylation sites (N-methyl/N-ethyl adjacent to an activating group) is 1. The van der Waals surface area contributed by atoms with Gasteiger partial charge in [0.05, 0.1) is 12.5 Å². The van der Waals surface area contributed by atoms with Gasteiger partial charge in [-0.05, 0) is 62.7 Å². The third-order valence-electron chi connectivity index (χ3n) is 5.53. The maximum Gasteiger partial charge on any atom is 0.297 e. The van der Waals surface area contributed by atoms with Gasteiger partial charge in [-0.1, -0.05) is 17.3 Å². The van der Waals surface area contributed by atoms with E-state index < -0.39 is 11.6 Å². The Balaban J connectivity index is 1.82. The number of fused-ring (bicyclic) bond motifs is 1. The lowest BCUT2D eigenvalue weighted by atomic mass is 10.1. The first-order valence-electron chi connectivity index (χ1n) is 10.2. The third-order valence-corrected chi connectivity index (χ3v) is 5.53. The van der Waals surface area contributed by atoms with Crippen LogP contribution in [0.15, 0.2) is 57.8 Å². The van der Waals surface area contributed by atoms with Crippen LogP contribution in [0.1, 0.15) is 24.3 Å². The number of hydrogen-bond donors (Lipinski definition) is 0. The van der Waals surface area contributed by atoms with Crippen LogP contribution in [0.25, 0.3) is 22.2 Å². The van der Waals surface area contributed by atoms with E-state index in [-0.39, 0.29) is 11.4 Å². The SMILES string of the molecule is COc1ccc(-c2nn([C@@H](C)C(=O)N(C)c3cccc(C)c3)c(=O)c3noc(C)c23)cc1. The minimum absolute atomic E-state index is 0.140. The lowest BCUT2D eigenvalue weighted by Gasteiger charge is -2.23. The van der Waals surface area contributed by atoms with Crippen molar-refractivity contribution >= 4 is 22.5 Å². The van der Waals surface area contributed by atoms with Gasteiger partial charge in [0.15, 0.2) is 5.52 Å². The van der Waals surface area contributed by atoms with Crippen LogP contribution in [0.5, 0.6) is 5.75 Å². The molecule has 8 nitrogen and oxygen atoms in total. The molecule has 8 heteroatoms. The summed E-state index contributed by atoms with van der Waals surface area (Å²) in [7, 11) is 3.27. The van der Waals surface area contributed by atoms with E-state index in [4.69, 9.17) is 9.26 Å². The van der Waals surface area contributed by atoms with E-state index in [0.717, 1.165) is 16.8 Å². The van der Waals surface area contributed by atoms with Crippen molar-refractivity contribution in [3.05, 3.63) is 70.2 Å². The number of hydrogen-bond acceptors (Lipinski definition) is 6. The zero-order valence-electron chi connectivity index (χ0n) is 18.6. The van der Waals surface area contributed by atoms with Crippen molar-refractivity contribution in [3.63, 3.8) is 0 Å². The summed E-state index contributed by atoms with van der Waals surface area (Å²) in [5, 5.41) is 9.08. The largest absolute Gasteiger partial charge is 0.497 e. The lowest BCUT2D eigenvalue weighted by molar-refractivity contribution is -0.121. The minimum atomic E-state index is -0.855. The zero-order valence-corrected chi connectivity index (χ0v) is 18.6.